The molecule has 1 heterocycles. The summed E-state index contributed by atoms with van der Waals surface area (Å²) in [5, 5.41) is 0. The minimum Gasteiger partial charge on any atom is -0.299 e. The molecule has 0 amide bonds. The molecular weight excluding hydrogens is 293 g/mol. The number of aromatic nitrogens is 1. The van der Waals surface area contributed by atoms with Gasteiger partial charge in [-0.15, -0.1) is 0 Å². The van der Waals surface area contributed by atoms with Crippen LogP contribution in [0.25, 0.3) is 23.3 Å². The third kappa shape index (κ3) is 3.66. The van der Waals surface area contributed by atoms with Gasteiger partial charge < -0.3 is 0 Å². The van der Waals surface area contributed by atoms with Crippen LogP contribution in [0.1, 0.15) is 22.5 Å². The largest absolute Gasteiger partial charge is 0.299 e. The molecule has 2 aromatic rings. The normalized spacial score (nSPS) is 11.3. The number of hydrogen-bond acceptors (Lipinski definition) is 3. The first-order valence-electron chi connectivity index (χ1n) is 7.09. The van der Waals surface area contributed by atoms with E-state index in [0.29, 0.717) is 12.6 Å². The van der Waals surface area contributed by atoms with Crippen LogP contribution in [0, 0.1) is 19.7 Å². The lowest BCUT2D eigenvalue weighted by Gasteiger charge is -2.15. The standard InChI is InChI=1S/C19H16FNO2/c1-13-17(5-3-11-22)19(15-7-9-16(20)10-8-15)18(6-4-12-23)14(2)21-13/h3-12H,1-2H3/b5-3+,6-4+. The fraction of sp³-hybridized carbons (Fsp3) is 0.105. The van der Waals surface area contributed by atoms with Crippen LogP contribution in [0.4, 0.5) is 4.39 Å². The van der Waals surface area contributed by atoms with Crippen molar-refractivity contribution < 1.29 is 14.0 Å². The topological polar surface area (TPSA) is 47.0 Å². The number of rotatable bonds is 5. The van der Waals surface area contributed by atoms with Gasteiger partial charge in [0.2, 0.25) is 0 Å². The van der Waals surface area contributed by atoms with Crippen molar-refractivity contribution in [3.63, 3.8) is 0 Å². The molecule has 0 N–H and O–H groups in total. The van der Waals surface area contributed by atoms with E-state index in [9.17, 15) is 14.0 Å². The molecule has 0 atom stereocenters. The van der Waals surface area contributed by atoms with Crippen molar-refractivity contribution in [2.75, 3.05) is 0 Å². The number of hydrogen-bond donors (Lipinski definition) is 0. The summed E-state index contributed by atoms with van der Waals surface area (Å²) < 4.78 is 13.2. The summed E-state index contributed by atoms with van der Waals surface area (Å²) in [6, 6.07) is 6.09. The number of allylic oxidation sites excluding steroid dienone is 2. The maximum absolute atomic E-state index is 13.2. The molecule has 0 unspecified atom stereocenters. The smallest absolute Gasteiger partial charge is 0.142 e. The number of carbonyl (C=O) groups excluding carboxylic acids is 2. The zero-order chi connectivity index (χ0) is 16.8. The number of aldehydes is 2. The highest BCUT2D eigenvalue weighted by atomic mass is 19.1. The number of nitrogens with zero attached hydrogens (tertiary/aromatic N) is 1. The van der Waals surface area contributed by atoms with Crippen LogP contribution in [0.5, 0.6) is 0 Å². The van der Waals surface area contributed by atoms with E-state index in [-0.39, 0.29) is 5.82 Å². The summed E-state index contributed by atoms with van der Waals surface area (Å²) >= 11 is 0. The van der Waals surface area contributed by atoms with Gasteiger partial charge in [0.25, 0.3) is 0 Å². The zero-order valence-corrected chi connectivity index (χ0v) is 12.9. The van der Waals surface area contributed by atoms with Crippen LogP contribution < -0.4 is 0 Å². The number of pyridine rings is 1. The van der Waals surface area contributed by atoms with Crippen LogP contribution in [-0.4, -0.2) is 17.6 Å². The Labute approximate surface area is 134 Å². The molecule has 0 spiro atoms. The summed E-state index contributed by atoms with van der Waals surface area (Å²) in [7, 11) is 0. The van der Waals surface area contributed by atoms with Crippen molar-refractivity contribution in [1.29, 1.82) is 0 Å². The minimum atomic E-state index is -0.328. The van der Waals surface area contributed by atoms with E-state index in [1.54, 1.807) is 24.3 Å². The molecule has 0 saturated heterocycles. The van der Waals surface area contributed by atoms with Gasteiger partial charge in [0.05, 0.1) is 0 Å². The van der Waals surface area contributed by atoms with E-state index in [1.165, 1.54) is 24.3 Å². The van der Waals surface area contributed by atoms with Gasteiger partial charge in [-0.2, -0.15) is 0 Å². The van der Waals surface area contributed by atoms with E-state index in [4.69, 9.17) is 0 Å². The minimum absolute atomic E-state index is 0.328. The molecule has 0 aliphatic heterocycles. The number of benzene rings is 1. The molecule has 0 radical (unpaired) electrons. The van der Waals surface area contributed by atoms with Crippen LogP contribution in [0.3, 0.4) is 0 Å². The maximum atomic E-state index is 13.2. The molecule has 0 aliphatic rings. The summed E-state index contributed by atoms with van der Waals surface area (Å²) in [4.78, 5) is 25.9. The molecule has 1 aromatic carbocycles. The number of halogens is 1. The first-order valence-corrected chi connectivity index (χ1v) is 7.09. The Bertz CT molecular complexity index is 748. The van der Waals surface area contributed by atoms with Crippen molar-refractivity contribution >= 4 is 24.7 Å². The summed E-state index contributed by atoms with van der Waals surface area (Å²) in [6.45, 7) is 3.69. The average molecular weight is 309 g/mol. The molecule has 0 fully saturated rings. The van der Waals surface area contributed by atoms with Gasteiger partial charge in [-0.3, -0.25) is 14.6 Å². The Morgan fingerprint density at radius 3 is 1.78 bits per heavy atom. The lowest BCUT2D eigenvalue weighted by atomic mass is 9.92. The Morgan fingerprint density at radius 1 is 0.870 bits per heavy atom. The van der Waals surface area contributed by atoms with Crippen molar-refractivity contribution in [3.05, 3.63) is 64.7 Å². The van der Waals surface area contributed by atoms with E-state index in [1.807, 2.05) is 13.8 Å². The van der Waals surface area contributed by atoms with Crippen molar-refractivity contribution in [3.8, 4) is 11.1 Å². The SMILES string of the molecule is Cc1nc(C)c(/C=C/C=O)c(-c2ccc(F)cc2)c1/C=C/C=O. The highest BCUT2D eigenvalue weighted by Gasteiger charge is 2.14. The fourth-order valence-corrected chi connectivity index (χ4v) is 2.49. The second-order valence-corrected chi connectivity index (χ2v) is 4.98. The van der Waals surface area contributed by atoms with Crippen LogP contribution >= 0.6 is 0 Å². The van der Waals surface area contributed by atoms with Crippen LogP contribution in [0.15, 0.2) is 36.4 Å². The molecule has 4 heteroatoms. The van der Waals surface area contributed by atoms with Gasteiger partial charge in [0.15, 0.2) is 0 Å². The summed E-state index contributed by atoms with van der Waals surface area (Å²) in [5.41, 5.74) is 4.63. The molecule has 1 aromatic heterocycles. The third-order valence-electron chi connectivity index (χ3n) is 3.47. The van der Waals surface area contributed by atoms with Gasteiger partial charge in [0.1, 0.15) is 18.4 Å². The Kier molecular flexibility index (Phi) is 5.31. The van der Waals surface area contributed by atoms with Gasteiger partial charge in [-0.25, -0.2) is 4.39 Å². The van der Waals surface area contributed by atoms with E-state index in [0.717, 1.165) is 33.6 Å². The number of carbonyl (C=O) groups is 2. The van der Waals surface area contributed by atoms with Gasteiger partial charge in [-0.05, 0) is 61.4 Å². The maximum Gasteiger partial charge on any atom is 0.142 e. The summed E-state index contributed by atoms with van der Waals surface area (Å²) in [5.74, 6) is -0.328. The van der Waals surface area contributed by atoms with Gasteiger partial charge in [-0.1, -0.05) is 12.1 Å². The highest BCUT2D eigenvalue weighted by molar-refractivity contribution is 5.89. The fourth-order valence-electron chi connectivity index (χ4n) is 2.49. The van der Waals surface area contributed by atoms with Crippen LogP contribution in [0.2, 0.25) is 0 Å². The first kappa shape index (κ1) is 16.5. The van der Waals surface area contributed by atoms with Crippen molar-refractivity contribution in [1.82, 2.24) is 4.98 Å². The lowest BCUT2D eigenvalue weighted by Crippen LogP contribution is -2.00. The molecule has 0 aliphatic carbocycles. The Morgan fingerprint density at radius 2 is 1.35 bits per heavy atom. The molecule has 23 heavy (non-hydrogen) atoms. The van der Waals surface area contributed by atoms with Crippen molar-refractivity contribution in [2.24, 2.45) is 0 Å². The second-order valence-electron chi connectivity index (χ2n) is 4.98. The average Bonchev–Trinajstić information content (AvgIpc) is 2.53. The highest BCUT2D eigenvalue weighted by Crippen LogP contribution is 2.33. The molecule has 3 nitrogen and oxygen atoms in total. The lowest BCUT2D eigenvalue weighted by molar-refractivity contribution is -0.104. The predicted octanol–water partition coefficient (Wildman–Crippen LogP) is 3.93. The zero-order valence-electron chi connectivity index (χ0n) is 12.9. The van der Waals surface area contributed by atoms with Gasteiger partial charge >= 0.3 is 0 Å². The molecule has 0 bridgehead atoms. The Balaban J connectivity index is 2.83. The monoisotopic (exact) mass is 309 g/mol. The molecule has 0 saturated carbocycles. The van der Waals surface area contributed by atoms with Gasteiger partial charge in [0, 0.05) is 22.5 Å². The van der Waals surface area contributed by atoms with E-state index >= 15 is 0 Å². The summed E-state index contributed by atoms with van der Waals surface area (Å²) in [6.07, 6.45) is 7.50. The predicted molar refractivity (Wildman–Crippen MR) is 89.3 cm³/mol. The molecular formula is C19H16FNO2. The molecule has 116 valence electrons. The number of aryl methyl sites for hydroxylation is 2. The quantitative estimate of drug-likeness (QED) is 0.621. The van der Waals surface area contributed by atoms with Crippen LogP contribution in [-0.2, 0) is 9.59 Å². The Hall–Kier alpha value is -2.88. The van der Waals surface area contributed by atoms with E-state index < -0.39 is 0 Å². The van der Waals surface area contributed by atoms with Crippen molar-refractivity contribution in [2.45, 2.75) is 13.8 Å². The second kappa shape index (κ2) is 7.40. The molecule has 2 rings (SSSR count). The third-order valence-corrected chi connectivity index (χ3v) is 3.47. The first-order chi connectivity index (χ1) is 11.1. The van der Waals surface area contributed by atoms with E-state index in [2.05, 4.69) is 4.98 Å².